The summed E-state index contributed by atoms with van der Waals surface area (Å²) in [4.78, 5) is 14.5. The molecule has 0 spiro atoms. The molecule has 1 aliphatic rings. The molecular weight excluding hydrogens is 269 g/mol. The third-order valence-electron chi connectivity index (χ3n) is 4.23. The Morgan fingerprint density at radius 2 is 2.10 bits per heavy atom. The van der Waals surface area contributed by atoms with E-state index in [1.807, 2.05) is 0 Å². The molecule has 21 heavy (non-hydrogen) atoms. The summed E-state index contributed by atoms with van der Waals surface area (Å²) in [5.74, 6) is -0.384. The average Bonchev–Trinajstić information content (AvgIpc) is 2.49. The minimum atomic E-state index is -0.484. The molecule has 1 fully saturated rings. The largest absolute Gasteiger partial charge is 0.399 e. The zero-order valence-corrected chi connectivity index (χ0v) is 12.8. The van der Waals surface area contributed by atoms with Crippen molar-refractivity contribution in [3.05, 3.63) is 29.1 Å². The Hall–Kier alpha value is -1.62. The Bertz CT molecular complexity index is 510. The van der Waals surface area contributed by atoms with Crippen molar-refractivity contribution in [3.63, 3.8) is 0 Å². The second-order valence-electron chi connectivity index (χ2n) is 5.79. The topological polar surface area (TPSA) is 58.4 Å². The number of likely N-dealkylation sites (tertiary alicyclic amines) is 1. The number of aryl methyl sites for hydroxylation is 1. The molecule has 4 nitrogen and oxygen atoms in total. The molecule has 0 saturated carbocycles. The van der Waals surface area contributed by atoms with Gasteiger partial charge in [-0.15, -0.1) is 0 Å². The summed E-state index contributed by atoms with van der Waals surface area (Å²) in [5, 5.41) is 2.84. The van der Waals surface area contributed by atoms with Crippen LogP contribution in [0.15, 0.2) is 12.1 Å². The van der Waals surface area contributed by atoms with Crippen molar-refractivity contribution in [1.82, 2.24) is 10.2 Å². The molecule has 5 heteroatoms. The highest BCUT2D eigenvalue weighted by Crippen LogP contribution is 2.18. The Balaban J connectivity index is 1.91. The van der Waals surface area contributed by atoms with E-state index < -0.39 is 5.82 Å². The highest BCUT2D eigenvalue weighted by molar-refractivity contribution is 5.95. The summed E-state index contributed by atoms with van der Waals surface area (Å²) in [6.07, 6.45) is 2.15. The second kappa shape index (κ2) is 6.89. The molecule has 0 aromatic heterocycles. The molecule has 1 heterocycles. The minimum absolute atomic E-state index is 0.0403. The van der Waals surface area contributed by atoms with Crippen LogP contribution in [0.3, 0.4) is 0 Å². The Morgan fingerprint density at radius 1 is 1.43 bits per heavy atom. The lowest BCUT2D eigenvalue weighted by Crippen LogP contribution is -2.38. The van der Waals surface area contributed by atoms with Crippen LogP contribution in [0.4, 0.5) is 10.1 Å². The molecule has 1 aromatic rings. The molecule has 1 saturated heterocycles. The maximum Gasteiger partial charge on any atom is 0.254 e. The quantitative estimate of drug-likeness (QED) is 0.837. The molecule has 0 aliphatic carbocycles. The number of nitrogens with two attached hydrogens (primary N) is 1. The van der Waals surface area contributed by atoms with E-state index in [9.17, 15) is 9.18 Å². The van der Waals surface area contributed by atoms with Gasteiger partial charge < -0.3 is 16.0 Å². The highest BCUT2D eigenvalue weighted by Gasteiger charge is 2.20. The monoisotopic (exact) mass is 293 g/mol. The van der Waals surface area contributed by atoms with Gasteiger partial charge in [-0.05, 0) is 63.0 Å². The molecule has 1 aromatic carbocycles. The number of benzene rings is 1. The predicted molar refractivity (Wildman–Crippen MR) is 82.7 cm³/mol. The van der Waals surface area contributed by atoms with Crippen molar-refractivity contribution >= 4 is 11.6 Å². The Labute approximate surface area is 125 Å². The summed E-state index contributed by atoms with van der Waals surface area (Å²) < 4.78 is 14.0. The molecule has 3 N–H and O–H groups in total. The average molecular weight is 293 g/mol. The molecule has 0 atom stereocenters. The summed E-state index contributed by atoms with van der Waals surface area (Å²) in [6, 6.07) is 2.93. The summed E-state index contributed by atoms with van der Waals surface area (Å²) in [5.41, 5.74) is 6.54. The van der Waals surface area contributed by atoms with Crippen LogP contribution in [0, 0.1) is 18.7 Å². The number of hydrogen-bond acceptors (Lipinski definition) is 3. The zero-order valence-electron chi connectivity index (χ0n) is 12.8. The van der Waals surface area contributed by atoms with Gasteiger partial charge >= 0.3 is 0 Å². The van der Waals surface area contributed by atoms with Crippen LogP contribution in [0.5, 0.6) is 0 Å². The second-order valence-corrected chi connectivity index (χ2v) is 5.79. The van der Waals surface area contributed by atoms with Crippen molar-refractivity contribution < 1.29 is 9.18 Å². The number of carbonyl (C=O) groups is 1. The van der Waals surface area contributed by atoms with Crippen LogP contribution in [0.25, 0.3) is 0 Å². The molecule has 0 radical (unpaired) electrons. The molecule has 0 unspecified atom stereocenters. The van der Waals surface area contributed by atoms with Gasteiger partial charge in [0.05, 0.1) is 5.56 Å². The smallest absolute Gasteiger partial charge is 0.254 e. The number of carbonyl (C=O) groups excluding carboxylic acids is 1. The zero-order chi connectivity index (χ0) is 15.4. The van der Waals surface area contributed by atoms with E-state index in [1.165, 1.54) is 12.1 Å². The first kappa shape index (κ1) is 15.8. The fourth-order valence-electron chi connectivity index (χ4n) is 2.80. The van der Waals surface area contributed by atoms with E-state index in [0.717, 1.165) is 32.5 Å². The SMILES string of the molecule is CCN1CCC(CNC(=O)c2cc(N)cc(C)c2F)CC1. The molecular formula is C16H24FN3O. The van der Waals surface area contributed by atoms with Gasteiger partial charge in [-0.3, -0.25) is 4.79 Å². The van der Waals surface area contributed by atoms with Crippen LogP contribution in [-0.4, -0.2) is 37.0 Å². The minimum Gasteiger partial charge on any atom is -0.399 e. The van der Waals surface area contributed by atoms with Crippen LogP contribution >= 0.6 is 0 Å². The lowest BCUT2D eigenvalue weighted by molar-refractivity contribution is 0.0932. The van der Waals surface area contributed by atoms with E-state index >= 15 is 0 Å². The number of anilines is 1. The first-order valence-electron chi connectivity index (χ1n) is 7.57. The molecule has 0 bridgehead atoms. The van der Waals surface area contributed by atoms with E-state index in [0.29, 0.717) is 23.7 Å². The van der Waals surface area contributed by atoms with Crippen molar-refractivity contribution in [2.24, 2.45) is 5.92 Å². The Kier molecular flexibility index (Phi) is 5.17. The van der Waals surface area contributed by atoms with Crippen molar-refractivity contribution in [1.29, 1.82) is 0 Å². The predicted octanol–water partition coefficient (Wildman–Crippen LogP) is 2.18. The van der Waals surface area contributed by atoms with E-state index in [-0.39, 0.29) is 11.5 Å². The van der Waals surface area contributed by atoms with Crippen LogP contribution in [0.2, 0.25) is 0 Å². The van der Waals surface area contributed by atoms with E-state index in [1.54, 1.807) is 6.92 Å². The van der Waals surface area contributed by atoms with Crippen LogP contribution < -0.4 is 11.1 Å². The Morgan fingerprint density at radius 3 is 2.71 bits per heavy atom. The number of rotatable bonds is 4. The van der Waals surface area contributed by atoms with Gasteiger partial charge in [0, 0.05) is 12.2 Å². The van der Waals surface area contributed by atoms with Crippen molar-refractivity contribution in [3.8, 4) is 0 Å². The molecule has 2 rings (SSSR count). The van der Waals surface area contributed by atoms with E-state index in [4.69, 9.17) is 5.73 Å². The normalized spacial score (nSPS) is 16.9. The number of nitrogens with one attached hydrogen (secondary N) is 1. The first-order chi connectivity index (χ1) is 10.0. The van der Waals surface area contributed by atoms with Gasteiger partial charge in [0.25, 0.3) is 5.91 Å². The first-order valence-corrected chi connectivity index (χ1v) is 7.57. The number of amides is 1. The number of halogens is 1. The molecule has 1 amide bonds. The number of nitrogen functional groups attached to an aromatic ring is 1. The lowest BCUT2D eigenvalue weighted by atomic mass is 9.96. The number of piperidine rings is 1. The fourth-order valence-corrected chi connectivity index (χ4v) is 2.80. The fraction of sp³-hybridized carbons (Fsp3) is 0.562. The third-order valence-corrected chi connectivity index (χ3v) is 4.23. The lowest BCUT2D eigenvalue weighted by Gasteiger charge is -2.31. The molecule has 116 valence electrons. The highest BCUT2D eigenvalue weighted by atomic mass is 19.1. The third kappa shape index (κ3) is 3.94. The van der Waals surface area contributed by atoms with Crippen molar-refractivity contribution in [2.75, 3.05) is 31.9 Å². The van der Waals surface area contributed by atoms with Crippen molar-refractivity contribution in [2.45, 2.75) is 26.7 Å². The van der Waals surface area contributed by atoms with Gasteiger partial charge in [-0.25, -0.2) is 4.39 Å². The van der Waals surface area contributed by atoms with Gasteiger partial charge in [0.15, 0.2) is 0 Å². The van der Waals surface area contributed by atoms with Gasteiger partial charge in [0.1, 0.15) is 5.82 Å². The van der Waals surface area contributed by atoms with Crippen LogP contribution in [-0.2, 0) is 0 Å². The number of nitrogens with zero attached hydrogens (tertiary/aromatic N) is 1. The number of hydrogen-bond donors (Lipinski definition) is 2. The van der Waals surface area contributed by atoms with Gasteiger partial charge in [0.2, 0.25) is 0 Å². The van der Waals surface area contributed by atoms with Gasteiger partial charge in [-0.1, -0.05) is 6.92 Å². The van der Waals surface area contributed by atoms with E-state index in [2.05, 4.69) is 17.1 Å². The summed E-state index contributed by atoms with van der Waals surface area (Å²) in [7, 11) is 0. The van der Waals surface area contributed by atoms with Crippen LogP contribution in [0.1, 0.15) is 35.7 Å². The molecule has 1 aliphatic heterocycles. The van der Waals surface area contributed by atoms with Gasteiger partial charge in [-0.2, -0.15) is 0 Å². The summed E-state index contributed by atoms with van der Waals surface area (Å²) >= 11 is 0. The maximum atomic E-state index is 14.0. The standard InChI is InChI=1S/C16H24FN3O/c1-3-20-6-4-12(5-7-20)10-19-16(21)14-9-13(18)8-11(2)15(14)17/h8-9,12H,3-7,10,18H2,1-2H3,(H,19,21). The summed E-state index contributed by atoms with van der Waals surface area (Å²) in [6.45, 7) is 7.60. The maximum absolute atomic E-state index is 14.0.